The zero-order valence-corrected chi connectivity index (χ0v) is 11.1. The van der Waals surface area contributed by atoms with E-state index in [2.05, 4.69) is 4.90 Å². The molecule has 0 spiro atoms. The molecule has 0 aromatic rings. The average Bonchev–Trinajstić information content (AvgIpc) is 2.70. The molecule has 2 unspecified atom stereocenters. The van der Waals surface area contributed by atoms with Gasteiger partial charge in [-0.3, -0.25) is 9.80 Å². The summed E-state index contributed by atoms with van der Waals surface area (Å²) >= 11 is 0. The van der Waals surface area contributed by atoms with Crippen molar-refractivity contribution in [2.75, 3.05) is 59.2 Å². The van der Waals surface area contributed by atoms with E-state index in [9.17, 15) is 20.4 Å². The number of morpholine rings is 1. The van der Waals surface area contributed by atoms with Crippen molar-refractivity contribution in [1.29, 1.82) is 0 Å². The van der Waals surface area contributed by atoms with E-state index in [0.29, 0.717) is 6.54 Å². The van der Waals surface area contributed by atoms with E-state index in [-0.39, 0.29) is 19.8 Å². The molecule has 7 heteroatoms. The molecule has 112 valence electrons. The van der Waals surface area contributed by atoms with Crippen LogP contribution in [0.3, 0.4) is 0 Å². The third-order valence-corrected chi connectivity index (χ3v) is 4.29. The third kappa shape index (κ3) is 2.92. The molecule has 0 radical (unpaired) electrons. The molecule has 2 heterocycles. The number of hydrogen-bond acceptors (Lipinski definition) is 7. The minimum absolute atomic E-state index is 0.270. The highest BCUT2D eigenvalue weighted by Crippen LogP contribution is 2.29. The van der Waals surface area contributed by atoms with Crippen molar-refractivity contribution in [2.24, 2.45) is 0 Å². The van der Waals surface area contributed by atoms with Gasteiger partial charge in [-0.2, -0.15) is 0 Å². The first-order valence-corrected chi connectivity index (χ1v) is 6.77. The largest absolute Gasteiger partial charge is 0.394 e. The standard InChI is InChI=1S/C12H24N2O5/c15-8-12(9-16)11(18)10(17)7-14(12)2-1-13-3-5-19-6-4-13/h10-11,15-18H,1-9H2. The summed E-state index contributed by atoms with van der Waals surface area (Å²) in [4.78, 5) is 4.03. The number of hydrogen-bond donors (Lipinski definition) is 4. The summed E-state index contributed by atoms with van der Waals surface area (Å²) in [5.74, 6) is 0. The van der Waals surface area contributed by atoms with E-state index in [4.69, 9.17) is 4.74 Å². The van der Waals surface area contributed by atoms with Gasteiger partial charge in [-0.15, -0.1) is 0 Å². The number of rotatable bonds is 5. The molecular weight excluding hydrogens is 252 g/mol. The Kier molecular flexibility index (Phi) is 5.13. The number of aliphatic hydroxyl groups excluding tert-OH is 4. The van der Waals surface area contributed by atoms with Gasteiger partial charge in [-0.05, 0) is 0 Å². The second-order valence-corrected chi connectivity index (χ2v) is 5.33. The Hall–Kier alpha value is -0.280. The summed E-state index contributed by atoms with van der Waals surface area (Å²) in [6.45, 7) is 4.06. The molecule has 4 N–H and O–H groups in total. The Morgan fingerprint density at radius 3 is 2.26 bits per heavy atom. The molecule has 0 aromatic carbocycles. The van der Waals surface area contributed by atoms with Gasteiger partial charge < -0.3 is 25.2 Å². The summed E-state index contributed by atoms with van der Waals surface area (Å²) < 4.78 is 5.27. The van der Waals surface area contributed by atoms with Gasteiger partial charge in [-0.25, -0.2) is 0 Å². The molecule has 2 fully saturated rings. The predicted molar refractivity (Wildman–Crippen MR) is 67.7 cm³/mol. The molecule has 2 saturated heterocycles. The van der Waals surface area contributed by atoms with E-state index in [0.717, 1.165) is 32.8 Å². The second-order valence-electron chi connectivity index (χ2n) is 5.33. The maximum Gasteiger partial charge on any atom is 0.104 e. The lowest BCUT2D eigenvalue weighted by Gasteiger charge is -2.38. The van der Waals surface area contributed by atoms with E-state index >= 15 is 0 Å². The second kappa shape index (κ2) is 6.45. The van der Waals surface area contributed by atoms with E-state index < -0.39 is 17.7 Å². The maximum atomic E-state index is 9.97. The van der Waals surface area contributed by atoms with Crippen molar-refractivity contribution in [3.8, 4) is 0 Å². The van der Waals surface area contributed by atoms with Crippen molar-refractivity contribution >= 4 is 0 Å². The fourth-order valence-electron chi connectivity index (χ4n) is 2.89. The minimum atomic E-state index is -1.13. The predicted octanol–water partition coefficient (Wildman–Crippen LogP) is -2.92. The van der Waals surface area contributed by atoms with Gasteiger partial charge in [0.15, 0.2) is 0 Å². The Morgan fingerprint density at radius 1 is 1.05 bits per heavy atom. The Balaban J connectivity index is 1.93. The number of β-amino-alcohol motifs (C(OH)–C–C–N with tert-alkyl or cyclic N) is 1. The van der Waals surface area contributed by atoms with Crippen LogP contribution in [0, 0.1) is 0 Å². The van der Waals surface area contributed by atoms with E-state index in [1.807, 2.05) is 0 Å². The van der Waals surface area contributed by atoms with Crippen LogP contribution >= 0.6 is 0 Å². The lowest BCUT2D eigenvalue weighted by Crippen LogP contribution is -2.58. The zero-order valence-electron chi connectivity index (χ0n) is 11.1. The molecule has 2 aliphatic rings. The molecular formula is C12H24N2O5. The van der Waals surface area contributed by atoms with Crippen LogP contribution in [0.1, 0.15) is 0 Å². The molecule has 0 bridgehead atoms. The monoisotopic (exact) mass is 276 g/mol. The van der Waals surface area contributed by atoms with Crippen LogP contribution in [0.15, 0.2) is 0 Å². The normalized spacial score (nSPS) is 32.8. The number of aliphatic hydroxyl groups is 4. The summed E-state index contributed by atoms with van der Waals surface area (Å²) in [7, 11) is 0. The first-order valence-electron chi connectivity index (χ1n) is 6.77. The molecule has 19 heavy (non-hydrogen) atoms. The topological polar surface area (TPSA) is 96.6 Å². The van der Waals surface area contributed by atoms with Gasteiger partial charge in [0, 0.05) is 32.7 Å². The summed E-state index contributed by atoms with van der Waals surface area (Å²) in [5, 5.41) is 38.7. The highest BCUT2D eigenvalue weighted by atomic mass is 16.5. The fourth-order valence-corrected chi connectivity index (χ4v) is 2.89. The highest BCUT2D eigenvalue weighted by molar-refractivity contribution is 5.06. The van der Waals surface area contributed by atoms with Crippen molar-refractivity contribution < 1.29 is 25.2 Å². The molecule has 0 amide bonds. The lowest BCUT2D eigenvalue weighted by atomic mass is 9.94. The van der Waals surface area contributed by atoms with Crippen molar-refractivity contribution in [3.05, 3.63) is 0 Å². The maximum absolute atomic E-state index is 9.97. The van der Waals surface area contributed by atoms with Crippen LogP contribution in [-0.4, -0.2) is 107 Å². The Morgan fingerprint density at radius 2 is 1.68 bits per heavy atom. The molecule has 7 nitrogen and oxygen atoms in total. The van der Waals surface area contributed by atoms with E-state index in [1.54, 1.807) is 4.90 Å². The molecule has 2 rings (SSSR count). The van der Waals surface area contributed by atoms with Crippen LogP contribution < -0.4 is 0 Å². The van der Waals surface area contributed by atoms with Crippen LogP contribution in [0.4, 0.5) is 0 Å². The van der Waals surface area contributed by atoms with Gasteiger partial charge in [0.1, 0.15) is 6.10 Å². The Labute approximate surface area is 113 Å². The van der Waals surface area contributed by atoms with Gasteiger partial charge >= 0.3 is 0 Å². The molecule has 2 atom stereocenters. The minimum Gasteiger partial charge on any atom is -0.394 e. The Bertz CT molecular complexity index is 281. The smallest absolute Gasteiger partial charge is 0.104 e. The summed E-state index contributed by atoms with van der Waals surface area (Å²) in [6, 6.07) is 0. The number of nitrogens with zero attached hydrogens (tertiary/aromatic N) is 2. The van der Waals surface area contributed by atoms with Gasteiger partial charge in [0.2, 0.25) is 0 Å². The number of likely N-dealkylation sites (tertiary alicyclic amines) is 1. The van der Waals surface area contributed by atoms with Crippen molar-refractivity contribution in [2.45, 2.75) is 17.7 Å². The van der Waals surface area contributed by atoms with Crippen LogP contribution in [0.2, 0.25) is 0 Å². The first-order chi connectivity index (χ1) is 9.14. The van der Waals surface area contributed by atoms with Gasteiger partial charge in [0.05, 0.1) is 38.1 Å². The quantitative estimate of drug-likeness (QED) is 0.427. The van der Waals surface area contributed by atoms with Crippen molar-refractivity contribution in [1.82, 2.24) is 9.80 Å². The summed E-state index contributed by atoms with van der Waals surface area (Å²) in [6.07, 6.45) is -2.05. The highest BCUT2D eigenvalue weighted by Gasteiger charge is 2.52. The number of ether oxygens (including phenoxy) is 1. The molecule has 2 aliphatic heterocycles. The van der Waals surface area contributed by atoms with E-state index in [1.165, 1.54) is 0 Å². The van der Waals surface area contributed by atoms with Crippen molar-refractivity contribution in [3.63, 3.8) is 0 Å². The van der Waals surface area contributed by atoms with Crippen LogP contribution in [-0.2, 0) is 4.74 Å². The lowest BCUT2D eigenvalue weighted by molar-refractivity contribution is -0.0677. The van der Waals surface area contributed by atoms with Gasteiger partial charge in [0.25, 0.3) is 0 Å². The fraction of sp³-hybridized carbons (Fsp3) is 1.00. The SMILES string of the molecule is OCC1(CO)C(O)C(O)CN1CCN1CCOCC1. The van der Waals surface area contributed by atoms with Crippen LogP contribution in [0.5, 0.6) is 0 Å². The average molecular weight is 276 g/mol. The first kappa shape index (κ1) is 15.1. The molecule has 0 aliphatic carbocycles. The zero-order chi connectivity index (χ0) is 13.9. The third-order valence-electron chi connectivity index (χ3n) is 4.29. The summed E-state index contributed by atoms with van der Waals surface area (Å²) in [5.41, 5.74) is -1.13. The van der Waals surface area contributed by atoms with Gasteiger partial charge in [-0.1, -0.05) is 0 Å². The molecule has 0 aromatic heterocycles. The molecule has 0 saturated carbocycles. The van der Waals surface area contributed by atoms with Crippen LogP contribution in [0.25, 0.3) is 0 Å².